The van der Waals surface area contributed by atoms with E-state index in [1.807, 2.05) is 31.0 Å². The van der Waals surface area contributed by atoms with Gasteiger partial charge in [0.15, 0.2) is 0 Å². The van der Waals surface area contributed by atoms with Crippen LogP contribution < -0.4 is 5.32 Å². The standard InChI is InChI=1S/C26H24F3N5O/c1-15-11-16(9-10-30-15)24-19-12-17(7-8-22(19)32-33-24)25(35)31-23-14-34(2)13-20(23)18-5-3-4-6-21(18)26(27,28)29/h3-12,20,23H,13-14H2,1-2H3,(H,31,35)(H,32,33)/t20-,23+/m1/s1. The molecular formula is C26H24F3N5O. The number of aromatic nitrogens is 3. The maximum absolute atomic E-state index is 13.7. The van der Waals surface area contributed by atoms with Gasteiger partial charge in [-0.05, 0) is 55.9 Å². The van der Waals surface area contributed by atoms with Crippen molar-refractivity contribution in [2.45, 2.75) is 25.1 Å². The number of rotatable bonds is 4. The average molecular weight is 480 g/mol. The molecule has 0 aliphatic carbocycles. The number of likely N-dealkylation sites (N-methyl/N-ethyl adjacent to an activating group) is 1. The highest BCUT2D eigenvalue weighted by atomic mass is 19.4. The van der Waals surface area contributed by atoms with Crippen LogP contribution in [0.5, 0.6) is 0 Å². The number of nitrogens with zero attached hydrogens (tertiary/aromatic N) is 3. The number of hydrogen-bond donors (Lipinski definition) is 2. The molecule has 5 rings (SSSR count). The summed E-state index contributed by atoms with van der Waals surface area (Å²) < 4.78 is 41.0. The molecule has 0 spiro atoms. The van der Waals surface area contributed by atoms with Crippen molar-refractivity contribution in [3.63, 3.8) is 0 Å². The van der Waals surface area contributed by atoms with Crippen LogP contribution in [-0.4, -0.2) is 52.2 Å². The van der Waals surface area contributed by atoms with E-state index in [9.17, 15) is 18.0 Å². The Morgan fingerprint density at radius 3 is 2.69 bits per heavy atom. The van der Waals surface area contributed by atoms with Gasteiger partial charge in [0.2, 0.25) is 0 Å². The monoisotopic (exact) mass is 479 g/mol. The predicted octanol–water partition coefficient (Wildman–Crippen LogP) is 4.78. The molecule has 2 atom stereocenters. The summed E-state index contributed by atoms with van der Waals surface area (Å²) in [6, 6.07) is 14.1. The summed E-state index contributed by atoms with van der Waals surface area (Å²) in [5, 5.41) is 11.2. The summed E-state index contributed by atoms with van der Waals surface area (Å²) in [6.45, 7) is 2.77. The zero-order chi connectivity index (χ0) is 24.7. The van der Waals surface area contributed by atoms with Crippen molar-refractivity contribution in [1.29, 1.82) is 0 Å². The maximum Gasteiger partial charge on any atom is 0.416 e. The highest BCUT2D eigenvalue weighted by Gasteiger charge is 2.40. The van der Waals surface area contributed by atoms with Gasteiger partial charge in [-0.15, -0.1) is 0 Å². The summed E-state index contributed by atoms with van der Waals surface area (Å²) in [6.07, 6.45) is -2.75. The molecule has 9 heteroatoms. The summed E-state index contributed by atoms with van der Waals surface area (Å²) in [5.74, 6) is -0.811. The summed E-state index contributed by atoms with van der Waals surface area (Å²) in [5.41, 5.74) is 3.18. The van der Waals surface area contributed by atoms with Crippen LogP contribution in [0.25, 0.3) is 22.2 Å². The van der Waals surface area contributed by atoms with Crippen molar-refractivity contribution in [3.05, 3.63) is 83.2 Å². The minimum atomic E-state index is -4.46. The molecule has 2 aromatic carbocycles. The van der Waals surface area contributed by atoms with Crippen LogP contribution in [0.2, 0.25) is 0 Å². The minimum absolute atomic E-state index is 0.204. The van der Waals surface area contributed by atoms with Crippen LogP contribution in [-0.2, 0) is 6.18 Å². The molecule has 0 unspecified atom stereocenters. The molecule has 4 aromatic rings. The van der Waals surface area contributed by atoms with E-state index in [2.05, 4.69) is 20.5 Å². The van der Waals surface area contributed by atoms with Gasteiger partial charge in [-0.2, -0.15) is 18.3 Å². The van der Waals surface area contributed by atoms with E-state index in [0.29, 0.717) is 24.3 Å². The van der Waals surface area contributed by atoms with E-state index in [4.69, 9.17) is 0 Å². The lowest BCUT2D eigenvalue weighted by Gasteiger charge is -2.23. The average Bonchev–Trinajstić information content (AvgIpc) is 3.41. The van der Waals surface area contributed by atoms with Gasteiger partial charge in [-0.1, -0.05) is 18.2 Å². The van der Waals surface area contributed by atoms with Crippen LogP contribution in [0.1, 0.15) is 33.1 Å². The molecule has 2 aromatic heterocycles. The molecule has 3 heterocycles. The molecule has 180 valence electrons. The number of carbonyl (C=O) groups is 1. The van der Waals surface area contributed by atoms with Crippen LogP contribution in [0.15, 0.2) is 60.8 Å². The first-order chi connectivity index (χ1) is 16.7. The van der Waals surface area contributed by atoms with Gasteiger partial charge in [0, 0.05) is 53.5 Å². The molecule has 35 heavy (non-hydrogen) atoms. The fraction of sp³-hybridized carbons (Fsp3) is 0.269. The Morgan fingerprint density at radius 1 is 1.11 bits per heavy atom. The van der Waals surface area contributed by atoms with E-state index in [-0.39, 0.29) is 11.5 Å². The number of alkyl halides is 3. The number of halogens is 3. The Bertz CT molecular complexity index is 1400. The Kier molecular flexibility index (Phi) is 5.80. The number of aromatic amines is 1. The fourth-order valence-electron chi connectivity index (χ4n) is 4.86. The first-order valence-electron chi connectivity index (χ1n) is 11.3. The quantitative estimate of drug-likeness (QED) is 0.442. The summed E-state index contributed by atoms with van der Waals surface area (Å²) in [7, 11) is 1.84. The number of aryl methyl sites for hydroxylation is 1. The Balaban J connectivity index is 1.44. The highest BCUT2D eigenvalue weighted by Crippen LogP contribution is 2.38. The molecule has 0 radical (unpaired) electrons. The van der Waals surface area contributed by atoms with Crippen LogP contribution in [0.3, 0.4) is 0 Å². The Labute approximate surface area is 200 Å². The van der Waals surface area contributed by atoms with Crippen LogP contribution >= 0.6 is 0 Å². The minimum Gasteiger partial charge on any atom is -0.347 e. The summed E-state index contributed by atoms with van der Waals surface area (Å²) in [4.78, 5) is 19.4. The predicted molar refractivity (Wildman–Crippen MR) is 127 cm³/mol. The number of likely N-dealkylation sites (tertiary alicyclic amines) is 1. The van der Waals surface area contributed by atoms with E-state index in [1.54, 1.807) is 30.5 Å². The van der Waals surface area contributed by atoms with Crippen molar-refractivity contribution < 1.29 is 18.0 Å². The molecule has 0 saturated carbocycles. The molecule has 1 saturated heterocycles. The number of carbonyl (C=O) groups excluding carboxylic acids is 1. The van der Waals surface area contributed by atoms with Crippen LogP contribution in [0.4, 0.5) is 13.2 Å². The van der Waals surface area contributed by atoms with Crippen molar-refractivity contribution in [1.82, 2.24) is 25.4 Å². The highest BCUT2D eigenvalue weighted by molar-refractivity contribution is 6.01. The number of benzene rings is 2. The van der Waals surface area contributed by atoms with E-state index in [1.165, 1.54) is 12.1 Å². The fourth-order valence-corrected chi connectivity index (χ4v) is 4.86. The number of pyridine rings is 1. The zero-order valence-corrected chi connectivity index (χ0v) is 19.2. The molecule has 1 aliphatic heterocycles. The summed E-state index contributed by atoms with van der Waals surface area (Å²) >= 11 is 0. The first-order valence-corrected chi connectivity index (χ1v) is 11.3. The molecule has 1 fully saturated rings. The number of fused-ring (bicyclic) bond motifs is 1. The van der Waals surface area contributed by atoms with Gasteiger partial charge >= 0.3 is 6.18 Å². The second-order valence-corrected chi connectivity index (χ2v) is 9.01. The van der Waals surface area contributed by atoms with Crippen molar-refractivity contribution in [2.75, 3.05) is 20.1 Å². The largest absolute Gasteiger partial charge is 0.416 e. The zero-order valence-electron chi connectivity index (χ0n) is 19.2. The second-order valence-electron chi connectivity index (χ2n) is 9.01. The normalized spacial score (nSPS) is 18.8. The van der Waals surface area contributed by atoms with Crippen LogP contribution in [0, 0.1) is 6.92 Å². The van der Waals surface area contributed by atoms with Crippen molar-refractivity contribution >= 4 is 16.8 Å². The van der Waals surface area contributed by atoms with Crippen molar-refractivity contribution in [2.24, 2.45) is 0 Å². The van der Waals surface area contributed by atoms with Gasteiger partial charge in [-0.25, -0.2) is 0 Å². The lowest BCUT2D eigenvalue weighted by Crippen LogP contribution is -2.40. The topological polar surface area (TPSA) is 73.9 Å². The number of hydrogen-bond acceptors (Lipinski definition) is 4. The Morgan fingerprint density at radius 2 is 1.91 bits per heavy atom. The smallest absolute Gasteiger partial charge is 0.347 e. The lowest BCUT2D eigenvalue weighted by atomic mass is 9.90. The third-order valence-corrected chi connectivity index (χ3v) is 6.48. The van der Waals surface area contributed by atoms with Crippen molar-refractivity contribution in [3.8, 4) is 11.3 Å². The van der Waals surface area contributed by atoms with E-state index in [0.717, 1.165) is 28.2 Å². The van der Waals surface area contributed by atoms with Gasteiger partial charge in [0.05, 0.1) is 11.1 Å². The van der Waals surface area contributed by atoms with Gasteiger partial charge in [-0.3, -0.25) is 14.9 Å². The first kappa shape index (κ1) is 23.0. The molecule has 1 amide bonds. The van der Waals surface area contributed by atoms with Gasteiger partial charge in [0.25, 0.3) is 5.91 Å². The molecule has 0 bridgehead atoms. The third kappa shape index (κ3) is 4.51. The lowest BCUT2D eigenvalue weighted by molar-refractivity contribution is -0.138. The number of nitrogens with one attached hydrogen (secondary N) is 2. The van der Waals surface area contributed by atoms with E-state index >= 15 is 0 Å². The van der Waals surface area contributed by atoms with Gasteiger partial charge < -0.3 is 10.2 Å². The second kappa shape index (κ2) is 8.81. The Hall–Kier alpha value is -3.72. The SMILES string of the molecule is Cc1cc(-c2n[nH]c3ccc(C(=O)N[C@H]4CN(C)C[C@@H]4c4ccccc4C(F)(F)F)cc23)ccn1. The van der Waals surface area contributed by atoms with E-state index < -0.39 is 23.7 Å². The molecule has 1 aliphatic rings. The molecule has 6 nitrogen and oxygen atoms in total. The number of amides is 1. The third-order valence-electron chi connectivity index (χ3n) is 6.48. The van der Waals surface area contributed by atoms with Gasteiger partial charge in [0.1, 0.15) is 5.69 Å². The maximum atomic E-state index is 13.7. The molecule has 2 N–H and O–H groups in total. The number of H-pyrrole nitrogens is 1. The molecular weight excluding hydrogens is 455 g/mol.